The van der Waals surface area contributed by atoms with Gasteiger partial charge in [-0.2, -0.15) is 13.2 Å². The van der Waals surface area contributed by atoms with Crippen molar-refractivity contribution in [1.29, 1.82) is 0 Å². The maximum Gasteiger partial charge on any atom is 0.430 e. The SMILES string of the molecule is CNC(=O)c1ccc(N2CCC3(CC2)CC3CCN(C)C(=O)C(O)(c2ccccc2)C(F)(F)F)cc1Cl. The van der Waals surface area contributed by atoms with Gasteiger partial charge < -0.3 is 20.2 Å². The molecule has 6 nitrogen and oxygen atoms in total. The first kappa shape index (κ1) is 27.3. The van der Waals surface area contributed by atoms with Gasteiger partial charge in [-0.15, -0.1) is 0 Å². The Morgan fingerprint density at radius 2 is 1.81 bits per heavy atom. The Balaban J connectivity index is 1.33. The zero-order valence-electron chi connectivity index (χ0n) is 20.8. The lowest BCUT2D eigenvalue weighted by molar-refractivity contribution is -0.261. The van der Waals surface area contributed by atoms with E-state index in [1.807, 2.05) is 6.07 Å². The highest BCUT2D eigenvalue weighted by Gasteiger charge is 2.62. The van der Waals surface area contributed by atoms with Crippen LogP contribution < -0.4 is 10.2 Å². The van der Waals surface area contributed by atoms with Crippen LogP contribution in [0.5, 0.6) is 0 Å². The monoisotopic (exact) mass is 537 g/mol. The summed E-state index contributed by atoms with van der Waals surface area (Å²) in [4.78, 5) is 27.9. The molecule has 1 aliphatic heterocycles. The van der Waals surface area contributed by atoms with E-state index in [1.54, 1.807) is 19.2 Å². The summed E-state index contributed by atoms with van der Waals surface area (Å²) in [5, 5.41) is 13.5. The molecule has 4 rings (SSSR count). The molecule has 2 unspecified atom stereocenters. The van der Waals surface area contributed by atoms with Crippen LogP contribution in [0.4, 0.5) is 18.9 Å². The minimum absolute atomic E-state index is 0.131. The maximum atomic E-state index is 13.8. The number of amides is 2. The first-order valence-corrected chi connectivity index (χ1v) is 12.7. The first-order valence-electron chi connectivity index (χ1n) is 12.3. The molecule has 2 N–H and O–H groups in total. The highest BCUT2D eigenvalue weighted by atomic mass is 35.5. The van der Waals surface area contributed by atoms with Gasteiger partial charge >= 0.3 is 6.18 Å². The number of hydrogen-bond acceptors (Lipinski definition) is 4. The van der Waals surface area contributed by atoms with E-state index in [1.165, 1.54) is 25.2 Å². The number of alkyl halides is 3. The molecule has 0 aromatic heterocycles. The Morgan fingerprint density at radius 3 is 2.38 bits per heavy atom. The minimum atomic E-state index is -5.14. The molecule has 37 heavy (non-hydrogen) atoms. The van der Waals surface area contributed by atoms with E-state index in [0.29, 0.717) is 22.9 Å². The summed E-state index contributed by atoms with van der Waals surface area (Å²) in [5.41, 5.74) is -2.57. The molecule has 1 aliphatic carbocycles. The molecule has 2 aromatic rings. The largest absolute Gasteiger partial charge is 0.430 e. The maximum absolute atomic E-state index is 13.8. The highest BCUT2D eigenvalue weighted by Crippen LogP contribution is 2.61. The number of aliphatic hydroxyl groups is 1. The summed E-state index contributed by atoms with van der Waals surface area (Å²) in [6.45, 7) is 1.75. The number of nitrogens with one attached hydrogen (secondary N) is 1. The van der Waals surface area contributed by atoms with Crippen LogP contribution in [-0.2, 0) is 10.4 Å². The molecule has 2 atom stereocenters. The van der Waals surface area contributed by atoms with Crippen molar-refractivity contribution >= 4 is 29.1 Å². The lowest BCUT2D eigenvalue weighted by atomic mass is 9.89. The van der Waals surface area contributed by atoms with Crippen LogP contribution in [0.15, 0.2) is 48.5 Å². The zero-order chi connectivity index (χ0) is 27.0. The molecule has 1 saturated heterocycles. The molecule has 1 heterocycles. The second-order valence-corrected chi connectivity index (χ2v) is 10.5. The molecular formula is C27H31ClF3N3O3. The van der Waals surface area contributed by atoms with Crippen molar-refractivity contribution in [1.82, 2.24) is 10.2 Å². The number of benzene rings is 2. The second kappa shape index (κ2) is 10.2. The number of anilines is 1. The third-order valence-corrected chi connectivity index (χ3v) is 8.29. The molecule has 10 heteroatoms. The first-order chi connectivity index (χ1) is 17.4. The smallest absolute Gasteiger partial charge is 0.371 e. The van der Waals surface area contributed by atoms with Crippen LogP contribution in [0, 0.1) is 11.3 Å². The highest BCUT2D eigenvalue weighted by molar-refractivity contribution is 6.34. The van der Waals surface area contributed by atoms with E-state index >= 15 is 0 Å². The number of carbonyl (C=O) groups is 2. The molecule has 2 amide bonds. The third-order valence-electron chi connectivity index (χ3n) is 7.98. The van der Waals surface area contributed by atoms with Gasteiger partial charge in [-0.05, 0) is 55.2 Å². The van der Waals surface area contributed by atoms with Gasteiger partial charge in [0.05, 0.1) is 10.6 Å². The summed E-state index contributed by atoms with van der Waals surface area (Å²) in [6.07, 6.45) is -1.73. The average Bonchev–Trinajstić information content (AvgIpc) is 3.57. The Hall–Kier alpha value is -2.78. The summed E-state index contributed by atoms with van der Waals surface area (Å²) in [5.74, 6) is -1.29. The van der Waals surface area contributed by atoms with Gasteiger partial charge in [0, 0.05) is 45.0 Å². The van der Waals surface area contributed by atoms with Gasteiger partial charge in [-0.1, -0.05) is 41.9 Å². The van der Waals surface area contributed by atoms with Crippen molar-refractivity contribution in [2.24, 2.45) is 11.3 Å². The fourth-order valence-corrected chi connectivity index (χ4v) is 5.76. The van der Waals surface area contributed by atoms with Crippen molar-refractivity contribution in [2.45, 2.75) is 37.5 Å². The van der Waals surface area contributed by atoms with Crippen LogP contribution in [0.25, 0.3) is 0 Å². The normalized spacial score (nSPS) is 20.3. The van der Waals surface area contributed by atoms with E-state index in [4.69, 9.17) is 11.6 Å². The van der Waals surface area contributed by atoms with Crippen LogP contribution in [0.2, 0.25) is 5.02 Å². The Morgan fingerprint density at radius 1 is 1.16 bits per heavy atom. The summed E-state index contributed by atoms with van der Waals surface area (Å²) >= 11 is 6.30. The minimum Gasteiger partial charge on any atom is -0.371 e. The average molecular weight is 538 g/mol. The number of rotatable bonds is 7. The Bertz CT molecular complexity index is 1150. The molecule has 0 bridgehead atoms. The second-order valence-electron chi connectivity index (χ2n) is 10.1. The lowest BCUT2D eigenvalue weighted by Crippen LogP contribution is -2.55. The number of piperidine rings is 1. The molecule has 1 spiro atoms. The lowest BCUT2D eigenvalue weighted by Gasteiger charge is -2.35. The fraction of sp³-hybridized carbons (Fsp3) is 0.481. The van der Waals surface area contributed by atoms with E-state index in [9.17, 15) is 27.9 Å². The topological polar surface area (TPSA) is 72.9 Å². The molecule has 1 saturated carbocycles. The van der Waals surface area contributed by atoms with Crippen LogP contribution >= 0.6 is 11.6 Å². The summed E-state index contributed by atoms with van der Waals surface area (Å²) in [6, 6.07) is 11.9. The number of carbonyl (C=O) groups excluding carboxylic acids is 2. The van der Waals surface area contributed by atoms with Crippen molar-refractivity contribution in [3.8, 4) is 0 Å². The van der Waals surface area contributed by atoms with Gasteiger partial charge in [0.25, 0.3) is 17.4 Å². The molecule has 200 valence electrons. The zero-order valence-corrected chi connectivity index (χ0v) is 21.6. The Labute approximate surface area is 219 Å². The van der Waals surface area contributed by atoms with Crippen molar-refractivity contribution in [3.05, 3.63) is 64.7 Å². The van der Waals surface area contributed by atoms with Crippen LogP contribution in [0.1, 0.15) is 41.6 Å². The van der Waals surface area contributed by atoms with Gasteiger partial charge in [0.15, 0.2) is 0 Å². The van der Waals surface area contributed by atoms with E-state index < -0.39 is 23.2 Å². The van der Waals surface area contributed by atoms with Crippen LogP contribution in [-0.4, -0.2) is 61.7 Å². The standard InChI is InChI=1S/C27H31ClF3N3O3/c1-32-23(35)21-9-8-20(16-22(21)28)34-14-11-25(12-15-34)17-19(25)10-13-33(2)24(36)26(37,27(29,30)31)18-6-4-3-5-7-18/h3-9,16,19,37H,10-15,17H2,1-2H3,(H,32,35). The fourth-order valence-electron chi connectivity index (χ4n) is 5.50. The van der Waals surface area contributed by atoms with E-state index in [-0.39, 0.29) is 17.9 Å². The predicted octanol–water partition coefficient (Wildman–Crippen LogP) is 4.60. The van der Waals surface area contributed by atoms with Crippen molar-refractivity contribution in [2.75, 3.05) is 38.6 Å². The molecular weight excluding hydrogens is 507 g/mol. The third kappa shape index (κ3) is 5.16. The van der Waals surface area contributed by atoms with Crippen molar-refractivity contribution < 1.29 is 27.9 Å². The van der Waals surface area contributed by atoms with Crippen LogP contribution in [0.3, 0.4) is 0 Å². The number of hydrogen-bond donors (Lipinski definition) is 2. The number of halogens is 4. The number of likely N-dealkylation sites (N-methyl/N-ethyl adjacent to an activating group) is 1. The van der Waals surface area contributed by atoms with Crippen molar-refractivity contribution in [3.63, 3.8) is 0 Å². The van der Waals surface area contributed by atoms with Gasteiger partial charge in [0.1, 0.15) is 0 Å². The van der Waals surface area contributed by atoms with E-state index in [2.05, 4.69) is 10.2 Å². The summed E-state index contributed by atoms with van der Waals surface area (Å²) in [7, 11) is 2.86. The molecule has 2 aliphatic rings. The summed E-state index contributed by atoms with van der Waals surface area (Å²) < 4.78 is 41.5. The van der Waals surface area contributed by atoms with Gasteiger partial charge in [0.2, 0.25) is 0 Å². The van der Waals surface area contributed by atoms with Gasteiger partial charge in [-0.3, -0.25) is 9.59 Å². The van der Waals surface area contributed by atoms with Gasteiger partial charge in [-0.25, -0.2) is 0 Å². The predicted molar refractivity (Wildman–Crippen MR) is 135 cm³/mol. The molecule has 0 radical (unpaired) electrons. The number of nitrogens with zero attached hydrogens (tertiary/aromatic N) is 2. The Kier molecular flexibility index (Phi) is 7.50. The molecule has 2 aromatic carbocycles. The molecule has 2 fully saturated rings. The van der Waals surface area contributed by atoms with E-state index in [0.717, 1.165) is 55.1 Å². The quantitative estimate of drug-likeness (QED) is 0.541.